The highest BCUT2D eigenvalue weighted by molar-refractivity contribution is 6.27. The molecule has 0 spiro atoms. The van der Waals surface area contributed by atoms with Gasteiger partial charge in [0.05, 0.1) is 22.1 Å². The first kappa shape index (κ1) is 28.2. The average molecular weight is 640 g/mol. The lowest BCUT2D eigenvalue weighted by Crippen LogP contribution is -2.06. The predicted molar refractivity (Wildman–Crippen MR) is 205 cm³/mol. The third kappa shape index (κ3) is 4.45. The molecule has 0 aliphatic rings. The summed E-state index contributed by atoms with van der Waals surface area (Å²) in [6, 6.07) is 61.5. The molecule has 234 valence electrons. The molecule has 50 heavy (non-hydrogen) atoms. The van der Waals surface area contributed by atoms with Gasteiger partial charge >= 0.3 is 0 Å². The van der Waals surface area contributed by atoms with E-state index in [9.17, 15) is 0 Å². The second-order valence-electron chi connectivity index (χ2n) is 12.5. The average Bonchev–Trinajstić information content (AvgIpc) is 3.48. The molecule has 0 amide bonds. The van der Waals surface area contributed by atoms with Crippen molar-refractivity contribution in [1.82, 2.24) is 24.1 Å². The molecule has 10 rings (SSSR count). The zero-order valence-electron chi connectivity index (χ0n) is 27.0. The van der Waals surface area contributed by atoms with E-state index in [2.05, 4.69) is 124 Å². The molecule has 5 heteroatoms. The molecule has 5 nitrogen and oxygen atoms in total. The summed E-state index contributed by atoms with van der Waals surface area (Å²) < 4.78 is 4.61. The summed E-state index contributed by atoms with van der Waals surface area (Å²) in [5.41, 5.74) is 9.69. The van der Waals surface area contributed by atoms with Crippen LogP contribution >= 0.6 is 0 Å². The predicted octanol–water partition coefficient (Wildman–Crippen LogP) is 11.1. The van der Waals surface area contributed by atoms with Crippen LogP contribution < -0.4 is 0 Å². The molecule has 0 aliphatic heterocycles. The van der Waals surface area contributed by atoms with Gasteiger partial charge in [0.2, 0.25) is 5.95 Å². The molecule has 0 N–H and O–H groups in total. The fourth-order valence-electron chi connectivity index (χ4n) is 7.35. The highest BCUT2D eigenvalue weighted by Gasteiger charge is 2.22. The lowest BCUT2D eigenvalue weighted by molar-refractivity contribution is 0.953. The van der Waals surface area contributed by atoms with Crippen molar-refractivity contribution in [3.63, 3.8) is 0 Å². The number of nitrogens with zero attached hydrogens (tertiary/aromatic N) is 5. The Bertz CT molecular complexity index is 2780. The Hall–Kier alpha value is -6.85. The van der Waals surface area contributed by atoms with Crippen molar-refractivity contribution in [3.8, 4) is 45.5 Å². The van der Waals surface area contributed by atoms with Gasteiger partial charge in [0, 0.05) is 33.0 Å². The Labute approximate surface area is 288 Å². The topological polar surface area (TPSA) is 48.5 Å². The summed E-state index contributed by atoms with van der Waals surface area (Å²) in [5.74, 6) is 1.85. The van der Waals surface area contributed by atoms with E-state index in [1.165, 1.54) is 27.3 Å². The number of benzene rings is 7. The standard InChI is InChI=1S/C45H29N5/c1-4-14-30(15-5-1)31-26-28-34(29-27-31)49-37-22-11-10-20-35(37)36-21-12-23-38-41(36)42-39(49)24-13-25-40(42)50(38)45-47-43(32-16-6-2-7-17-32)46-44(48-45)33-18-8-3-9-19-33/h1-29H. The number of aromatic nitrogens is 5. The van der Waals surface area contributed by atoms with Gasteiger partial charge in [0.15, 0.2) is 11.6 Å². The van der Waals surface area contributed by atoms with E-state index in [0.29, 0.717) is 17.6 Å². The summed E-state index contributed by atoms with van der Waals surface area (Å²) in [7, 11) is 0. The molecule has 0 atom stereocenters. The summed E-state index contributed by atoms with van der Waals surface area (Å²) in [6.07, 6.45) is 0. The minimum Gasteiger partial charge on any atom is -0.309 e. The van der Waals surface area contributed by atoms with Crippen LogP contribution in [0.1, 0.15) is 0 Å². The molecule has 0 bridgehead atoms. The lowest BCUT2D eigenvalue weighted by Gasteiger charge is -2.14. The second kappa shape index (κ2) is 11.4. The zero-order chi connectivity index (χ0) is 33.0. The molecule has 10 aromatic rings. The Morgan fingerprint density at radius 1 is 0.300 bits per heavy atom. The van der Waals surface area contributed by atoms with Crippen LogP contribution in [0.5, 0.6) is 0 Å². The van der Waals surface area contributed by atoms with Gasteiger partial charge in [-0.3, -0.25) is 4.57 Å². The van der Waals surface area contributed by atoms with Gasteiger partial charge in [-0.2, -0.15) is 9.97 Å². The first-order valence-electron chi connectivity index (χ1n) is 16.8. The number of hydrogen-bond donors (Lipinski definition) is 0. The Morgan fingerprint density at radius 2 is 0.760 bits per heavy atom. The van der Waals surface area contributed by atoms with Crippen LogP contribution in [-0.4, -0.2) is 24.1 Å². The molecule has 3 heterocycles. The second-order valence-corrected chi connectivity index (χ2v) is 12.5. The van der Waals surface area contributed by atoms with E-state index in [0.717, 1.165) is 44.3 Å². The van der Waals surface area contributed by atoms with Crippen LogP contribution in [-0.2, 0) is 0 Å². The van der Waals surface area contributed by atoms with Gasteiger partial charge in [-0.15, -0.1) is 0 Å². The number of para-hydroxylation sites is 1. The van der Waals surface area contributed by atoms with Crippen molar-refractivity contribution < 1.29 is 0 Å². The van der Waals surface area contributed by atoms with Gasteiger partial charge in [0.25, 0.3) is 0 Å². The van der Waals surface area contributed by atoms with Crippen molar-refractivity contribution in [2.24, 2.45) is 0 Å². The number of rotatable bonds is 5. The van der Waals surface area contributed by atoms with Crippen molar-refractivity contribution >= 4 is 43.6 Å². The Kier molecular flexibility index (Phi) is 6.42. The number of hydrogen-bond acceptors (Lipinski definition) is 3. The molecule has 0 unspecified atom stereocenters. The largest absolute Gasteiger partial charge is 0.309 e. The van der Waals surface area contributed by atoms with E-state index in [1.54, 1.807) is 0 Å². The molecule has 7 aromatic carbocycles. The van der Waals surface area contributed by atoms with E-state index in [1.807, 2.05) is 60.7 Å². The highest BCUT2D eigenvalue weighted by Crippen LogP contribution is 2.41. The number of fused-ring (bicyclic) bond motifs is 2. The first-order chi connectivity index (χ1) is 24.8. The molecule has 0 fully saturated rings. The third-order valence-corrected chi connectivity index (χ3v) is 9.59. The normalized spacial score (nSPS) is 11.6. The monoisotopic (exact) mass is 639 g/mol. The van der Waals surface area contributed by atoms with Crippen molar-refractivity contribution in [2.45, 2.75) is 0 Å². The smallest absolute Gasteiger partial charge is 0.238 e. The maximum Gasteiger partial charge on any atom is 0.238 e. The van der Waals surface area contributed by atoms with Crippen LogP contribution in [0.25, 0.3) is 89.2 Å². The third-order valence-electron chi connectivity index (χ3n) is 9.59. The maximum absolute atomic E-state index is 5.16. The minimum absolute atomic E-state index is 0.583. The molecule has 0 saturated heterocycles. The SMILES string of the molecule is c1ccc(-c2ccc(-n3c4ccccc4c4cccc5c4c4c3cccc4n5-c3nc(-c4ccccc4)nc(-c4ccccc4)n3)cc2)cc1. The van der Waals surface area contributed by atoms with Gasteiger partial charge in [-0.25, -0.2) is 4.98 Å². The van der Waals surface area contributed by atoms with Crippen molar-refractivity contribution in [1.29, 1.82) is 0 Å². The highest BCUT2D eigenvalue weighted by atomic mass is 15.2. The van der Waals surface area contributed by atoms with Gasteiger partial charge in [-0.05, 0) is 52.9 Å². The van der Waals surface area contributed by atoms with Crippen LogP contribution in [0.3, 0.4) is 0 Å². The Balaban J connectivity index is 1.31. The molecular formula is C45H29N5. The zero-order valence-corrected chi connectivity index (χ0v) is 27.0. The quantitative estimate of drug-likeness (QED) is 0.188. The van der Waals surface area contributed by atoms with Crippen molar-refractivity contribution in [3.05, 3.63) is 176 Å². The van der Waals surface area contributed by atoms with Crippen LogP contribution in [0, 0.1) is 0 Å². The summed E-state index contributed by atoms with van der Waals surface area (Å²) in [5, 5.41) is 4.69. The first-order valence-corrected chi connectivity index (χ1v) is 16.8. The van der Waals surface area contributed by atoms with Gasteiger partial charge in [0.1, 0.15) is 0 Å². The molecule has 0 aliphatic carbocycles. The summed E-state index contributed by atoms with van der Waals surface area (Å²) in [6.45, 7) is 0. The van der Waals surface area contributed by atoms with E-state index in [4.69, 9.17) is 15.0 Å². The molecule has 0 radical (unpaired) electrons. The van der Waals surface area contributed by atoms with Gasteiger partial charge in [-0.1, -0.05) is 140 Å². The fourth-order valence-corrected chi connectivity index (χ4v) is 7.35. The van der Waals surface area contributed by atoms with Gasteiger partial charge < -0.3 is 4.57 Å². The van der Waals surface area contributed by atoms with E-state index in [-0.39, 0.29) is 0 Å². The molecular weight excluding hydrogens is 611 g/mol. The fraction of sp³-hybridized carbons (Fsp3) is 0. The van der Waals surface area contributed by atoms with Crippen molar-refractivity contribution in [2.75, 3.05) is 0 Å². The van der Waals surface area contributed by atoms with Crippen LogP contribution in [0.2, 0.25) is 0 Å². The maximum atomic E-state index is 5.16. The van der Waals surface area contributed by atoms with E-state index >= 15 is 0 Å². The lowest BCUT2D eigenvalue weighted by atomic mass is 10.1. The Morgan fingerprint density at radius 3 is 1.40 bits per heavy atom. The molecule has 0 saturated carbocycles. The van der Waals surface area contributed by atoms with Crippen LogP contribution in [0.4, 0.5) is 0 Å². The van der Waals surface area contributed by atoms with Crippen LogP contribution in [0.15, 0.2) is 176 Å². The van der Waals surface area contributed by atoms with E-state index < -0.39 is 0 Å². The summed E-state index contributed by atoms with van der Waals surface area (Å²) in [4.78, 5) is 15.3. The summed E-state index contributed by atoms with van der Waals surface area (Å²) >= 11 is 0. The minimum atomic E-state index is 0.583. The molecule has 3 aromatic heterocycles.